The Hall–Kier alpha value is -2.68. The van der Waals surface area contributed by atoms with Crippen molar-refractivity contribution in [3.05, 3.63) is 41.6 Å². The number of ether oxygens (including phenoxy) is 1. The molecule has 0 aliphatic carbocycles. The molecular weight excluding hydrogens is 346 g/mol. The zero-order chi connectivity index (χ0) is 18.0. The van der Waals surface area contributed by atoms with E-state index in [-0.39, 0.29) is 42.0 Å². The van der Waals surface area contributed by atoms with E-state index in [0.717, 1.165) is 5.56 Å². The Bertz CT molecular complexity index is 900. The van der Waals surface area contributed by atoms with Gasteiger partial charge in [-0.05, 0) is 18.6 Å². The van der Waals surface area contributed by atoms with Gasteiger partial charge in [0.2, 0.25) is 11.8 Å². The average Bonchev–Trinajstić information content (AvgIpc) is 2.56. The molecule has 0 bridgehead atoms. The molecule has 132 valence electrons. The first-order valence-electron chi connectivity index (χ1n) is 7.65. The molecule has 1 aliphatic heterocycles. The number of sulfone groups is 1. The lowest BCUT2D eigenvalue weighted by Crippen LogP contribution is -2.41. The number of hydrogen-bond donors (Lipinski definition) is 1. The van der Waals surface area contributed by atoms with E-state index in [1.807, 2.05) is 19.1 Å². The maximum Gasteiger partial charge on any atom is 0.342 e. The van der Waals surface area contributed by atoms with Crippen LogP contribution in [0, 0.1) is 6.92 Å². The SMILES string of the molecule is Cc1ccccc1Oc1nc(N2CCS(=O)(=O)CC2)ncc1C(=O)O. The highest BCUT2D eigenvalue weighted by Crippen LogP contribution is 2.27. The summed E-state index contributed by atoms with van der Waals surface area (Å²) < 4.78 is 28.8. The highest BCUT2D eigenvalue weighted by Gasteiger charge is 2.25. The number of benzene rings is 1. The predicted molar refractivity (Wildman–Crippen MR) is 91.1 cm³/mol. The van der Waals surface area contributed by atoms with Crippen molar-refractivity contribution < 1.29 is 23.1 Å². The molecule has 0 spiro atoms. The lowest BCUT2D eigenvalue weighted by atomic mass is 10.2. The molecule has 3 rings (SSSR count). The van der Waals surface area contributed by atoms with Crippen LogP contribution in [0.25, 0.3) is 0 Å². The largest absolute Gasteiger partial charge is 0.477 e. The summed E-state index contributed by atoms with van der Waals surface area (Å²) in [5.74, 6) is -0.480. The smallest absolute Gasteiger partial charge is 0.342 e. The molecule has 1 aromatic heterocycles. The third kappa shape index (κ3) is 3.87. The topological polar surface area (TPSA) is 110 Å². The molecule has 1 fully saturated rings. The van der Waals surface area contributed by atoms with E-state index >= 15 is 0 Å². The second kappa shape index (κ2) is 6.67. The minimum absolute atomic E-state index is 0.0189. The fourth-order valence-corrected chi connectivity index (χ4v) is 3.62. The number of aryl methyl sites for hydroxylation is 1. The van der Waals surface area contributed by atoms with Crippen molar-refractivity contribution in [3.8, 4) is 11.6 Å². The fourth-order valence-electron chi connectivity index (χ4n) is 2.42. The average molecular weight is 363 g/mol. The van der Waals surface area contributed by atoms with Gasteiger partial charge in [-0.3, -0.25) is 0 Å². The summed E-state index contributed by atoms with van der Waals surface area (Å²) >= 11 is 0. The van der Waals surface area contributed by atoms with E-state index in [1.165, 1.54) is 6.20 Å². The first-order valence-corrected chi connectivity index (χ1v) is 9.47. The number of carboxylic acids is 1. The van der Waals surface area contributed by atoms with Crippen LogP contribution in [0.3, 0.4) is 0 Å². The quantitative estimate of drug-likeness (QED) is 0.870. The van der Waals surface area contributed by atoms with Crippen molar-refractivity contribution in [1.29, 1.82) is 0 Å². The van der Waals surface area contributed by atoms with Crippen LogP contribution < -0.4 is 9.64 Å². The Morgan fingerprint density at radius 3 is 2.56 bits per heavy atom. The summed E-state index contributed by atoms with van der Waals surface area (Å²) in [4.78, 5) is 21.4. The predicted octanol–water partition coefficient (Wildman–Crippen LogP) is 1.51. The minimum Gasteiger partial charge on any atom is -0.477 e. The van der Waals surface area contributed by atoms with Gasteiger partial charge in [-0.15, -0.1) is 0 Å². The molecular formula is C16H17N3O5S. The Labute approximate surface area is 145 Å². The highest BCUT2D eigenvalue weighted by atomic mass is 32.2. The Balaban J connectivity index is 1.93. The van der Waals surface area contributed by atoms with E-state index in [4.69, 9.17) is 4.74 Å². The van der Waals surface area contributed by atoms with Crippen molar-refractivity contribution in [3.63, 3.8) is 0 Å². The van der Waals surface area contributed by atoms with E-state index in [9.17, 15) is 18.3 Å². The molecule has 0 saturated carbocycles. The zero-order valence-corrected chi connectivity index (χ0v) is 14.4. The van der Waals surface area contributed by atoms with Crippen LogP contribution in [-0.4, -0.2) is 54.1 Å². The lowest BCUT2D eigenvalue weighted by molar-refractivity contribution is 0.0693. The summed E-state index contributed by atoms with van der Waals surface area (Å²) in [6.07, 6.45) is 1.18. The number of hydrogen-bond acceptors (Lipinski definition) is 7. The summed E-state index contributed by atoms with van der Waals surface area (Å²) in [5, 5.41) is 9.33. The molecule has 0 radical (unpaired) electrons. The fraction of sp³-hybridized carbons (Fsp3) is 0.312. The van der Waals surface area contributed by atoms with E-state index < -0.39 is 15.8 Å². The van der Waals surface area contributed by atoms with Gasteiger partial charge in [-0.1, -0.05) is 18.2 Å². The third-order valence-electron chi connectivity index (χ3n) is 3.90. The van der Waals surface area contributed by atoms with Crippen LogP contribution >= 0.6 is 0 Å². The molecule has 1 aromatic carbocycles. The molecule has 25 heavy (non-hydrogen) atoms. The monoisotopic (exact) mass is 363 g/mol. The first kappa shape index (κ1) is 17.2. The molecule has 8 nitrogen and oxygen atoms in total. The molecule has 2 heterocycles. The van der Waals surface area contributed by atoms with Crippen LogP contribution in [0.15, 0.2) is 30.5 Å². The summed E-state index contributed by atoms with van der Waals surface area (Å²) in [6.45, 7) is 2.37. The molecule has 0 amide bonds. The Kier molecular flexibility index (Phi) is 4.58. The summed E-state index contributed by atoms with van der Waals surface area (Å²) in [5.41, 5.74) is 0.680. The van der Waals surface area contributed by atoms with Crippen LogP contribution in [0.1, 0.15) is 15.9 Å². The molecule has 1 aliphatic rings. The number of para-hydroxylation sites is 1. The normalized spacial score (nSPS) is 16.4. The summed E-state index contributed by atoms with van der Waals surface area (Å²) in [7, 11) is -3.03. The number of nitrogens with zero attached hydrogens (tertiary/aromatic N) is 3. The van der Waals surface area contributed by atoms with Gasteiger partial charge in [0.1, 0.15) is 11.3 Å². The van der Waals surface area contributed by atoms with E-state index in [1.54, 1.807) is 17.0 Å². The number of aromatic carboxylic acids is 1. The van der Waals surface area contributed by atoms with Gasteiger partial charge in [0, 0.05) is 13.1 Å². The lowest BCUT2D eigenvalue weighted by Gasteiger charge is -2.26. The van der Waals surface area contributed by atoms with Gasteiger partial charge in [-0.2, -0.15) is 4.98 Å². The Morgan fingerprint density at radius 2 is 1.92 bits per heavy atom. The minimum atomic E-state index is -3.03. The molecule has 0 atom stereocenters. The van der Waals surface area contributed by atoms with Crippen molar-refractivity contribution in [2.45, 2.75) is 6.92 Å². The maximum absolute atomic E-state index is 11.5. The molecule has 0 unspecified atom stereocenters. The number of rotatable bonds is 4. The van der Waals surface area contributed by atoms with Gasteiger partial charge in [0.25, 0.3) is 0 Å². The zero-order valence-electron chi connectivity index (χ0n) is 13.5. The summed E-state index contributed by atoms with van der Waals surface area (Å²) in [6, 6.07) is 7.18. The molecule has 1 saturated heterocycles. The van der Waals surface area contributed by atoms with Gasteiger partial charge in [0.15, 0.2) is 9.84 Å². The Morgan fingerprint density at radius 1 is 1.24 bits per heavy atom. The third-order valence-corrected chi connectivity index (χ3v) is 5.51. The van der Waals surface area contributed by atoms with Gasteiger partial charge in [-0.25, -0.2) is 18.2 Å². The van der Waals surface area contributed by atoms with Gasteiger partial charge in [0.05, 0.1) is 17.7 Å². The number of aromatic nitrogens is 2. The second-order valence-electron chi connectivity index (χ2n) is 5.70. The standard InChI is InChI=1S/C16H17N3O5S/c1-11-4-2-3-5-13(11)24-14-12(15(20)21)10-17-16(18-14)19-6-8-25(22,23)9-7-19/h2-5,10H,6-9H2,1H3,(H,20,21). The van der Waals surface area contributed by atoms with E-state index in [2.05, 4.69) is 9.97 Å². The number of carbonyl (C=O) groups is 1. The molecule has 9 heteroatoms. The molecule has 2 aromatic rings. The van der Waals surface area contributed by atoms with Crippen molar-refractivity contribution in [2.24, 2.45) is 0 Å². The number of carboxylic acid groups (broad SMARTS) is 1. The number of anilines is 1. The molecule has 1 N–H and O–H groups in total. The van der Waals surface area contributed by atoms with Gasteiger partial charge < -0.3 is 14.7 Å². The van der Waals surface area contributed by atoms with Crippen LogP contribution in [-0.2, 0) is 9.84 Å². The van der Waals surface area contributed by atoms with Crippen molar-refractivity contribution >= 4 is 21.8 Å². The van der Waals surface area contributed by atoms with Crippen LogP contribution in [0.5, 0.6) is 11.6 Å². The van der Waals surface area contributed by atoms with Crippen molar-refractivity contribution in [1.82, 2.24) is 9.97 Å². The first-order chi connectivity index (χ1) is 11.9. The second-order valence-corrected chi connectivity index (χ2v) is 8.00. The van der Waals surface area contributed by atoms with Crippen LogP contribution in [0.4, 0.5) is 5.95 Å². The van der Waals surface area contributed by atoms with Crippen LogP contribution in [0.2, 0.25) is 0 Å². The van der Waals surface area contributed by atoms with E-state index in [0.29, 0.717) is 5.75 Å². The maximum atomic E-state index is 11.5. The van der Waals surface area contributed by atoms with Gasteiger partial charge >= 0.3 is 5.97 Å². The van der Waals surface area contributed by atoms with Crippen molar-refractivity contribution in [2.75, 3.05) is 29.5 Å². The highest BCUT2D eigenvalue weighted by molar-refractivity contribution is 7.91.